The molecule has 0 heterocycles. The zero-order chi connectivity index (χ0) is 20.3. The summed E-state index contributed by atoms with van der Waals surface area (Å²) < 4.78 is 5.18. The Morgan fingerprint density at radius 3 is 1.79 bits per heavy atom. The van der Waals surface area contributed by atoms with Crippen molar-refractivity contribution in [3.05, 3.63) is 82.9 Å². The van der Waals surface area contributed by atoms with Crippen molar-refractivity contribution in [2.24, 2.45) is 11.8 Å². The Hall–Kier alpha value is -1.86. The van der Waals surface area contributed by atoms with Crippen LogP contribution in [-0.2, 0) is 30.6 Å². The lowest BCUT2D eigenvalue weighted by Crippen LogP contribution is -2.13. The first-order chi connectivity index (χ1) is 14.3. The Morgan fingerprint density at radius 1 is 0.759 bits per heavy atom. The van der Waals surface area contributed by atoms with Gasteiger partial charge >= 0.3 is 0 Å². The average molecular weight is 391 g/mol. The van der Waals surface area contributed by atoms with E-state index in [1.807, 2.05) is 0 Å². The van der Waals surface area contributed by atoms with E-state index in [9.17, 15) is 0 Å². The molecule has 1 aliphatic rings. The molecule has 0 aromatic heterocycles. The lowest BCUT2D eigenvalue weighted by molar-refractivity contribution is 0.185. The van der Waals surface area contributed by atoms with E-state index in [1.165, 1.54) is 67.2 Å². The number of methoxy groups -OCH3 is 1. The maximum absolute atomic E-state index is 5.18. The highest BCUT2D eigenvalue weighted by atomic mass is 16.5. The molecule has 0 N–H and O–H groups in total. The van der Waals surface area contributed by atoms with Crippen LogP contribution in [0.2, 0.25) is 0 Å². The van der Waals surface area contributed by atoms with Gasteiger partial charge in [-0.3, -0.25) is 0 Å². The topological polar surface area (TPSA) is 9.23 Å². The predicted octanol–water partition coefficient (Wildman–Crippen LogP) is 7.32. The monoisotopic (exact) mass is 390 g/mol. The molecule has 1 fully saturated rings. The fourth-order valence-corrected chi connectivity index (χ4v) is 4.50. The molecule has 0 radical (unpaired) electrons. The van der Waals surface area contributed by atoms with Gasteiger partial charge < -0.3 is 4.74 Å². The molecule has 0 unspecified atom stereocenters. The Morgan fingerprint density at radius 2 is 1.28 bits per heavy atom. The van der Waals surface area contributed by atoms with Gasteiger partial charge in [0, 0.05) is 7.11 Å². The first kappa shape index (κ1) is 21.8. The van der Waals surface area contributed by atoms with Crippen molar-refractivity contribution >= 4 is 0 Å². The molecule has 29 heavy (non-hydrogen) atoms. The number of benzene rings is 2. The third-order valence-corrected chi connectivity index (χ3v) is 6.44. The van der Waals surface area contributed by atoms with E-state index in [0.717, 1.165) is 24.7 Å². The summed E-state index contributed by atoms with van der Waals surface area (Å²) >= 11 is 0. The highest BCUT2D eigenvalue weighted by Gasteiger charge is 2.19. The first-order valence-electron chi connectivity index (χ1n) is 11.6. The maximum Gasteiger partial charge on any atom is 0.0713 e. The molecule has 1 aliphatic carbocycles. The Kier molecular flexibility index (Phi) is 9.02. The zero-order valence-electron chi connectivity index (χ0n) is 18.4. The first-order valence-corrected chi connectivity index (χ1v) is 11.6. The third-order valence-electron chi connectivity index (χ3n) is 6.44. The Labute approximate surface area is 178 Å². The van der Waals surface area contributed by atoms with E-state index in [-0.39, 0.29) is 0 Å². The summed E-state index contributed by atoms with van der Waals surface area (Å²) in [5, 5.41) is 0. The van der Waals surface area contributed by atoms with Gasteiger partial charge in [0.15, 0.2) is 0 Å². The fourth-order valence-electron chi connectivity index (χ4n) is 4.50. The molecule has 1 heteroatoms. The van der Waals surface area contributed by atoms with Crippen LogP contribution in [0.5, 0.6) is 0 Å². The highest BCUT2D eigenvalue weighted by molar-refractivity contribution is 5.26. The van der Waals surface area contributed by atoms with Gasteiger partial charge in [0.1, 0.15) is 0 Å². The molecule has 0 spiro atoms. The zero-order valence-corrected chi connectivity index (χ0v) is 18.4. The molecule has 0 aliphatic heterocycles. The van der Waals surface area contributed by atoms with Gasteiger partial charge in [-0.05, 0) is 91.9 Å². The van der Waals surface area contributed by atoms with E-state index in [4.69, 9.17) is 4.74 Å². The molecule has 0 bridgehead atoms. The standard InChI is InChI=1S/C28H38O/c1-3-4-5-23-6-8-24(9-7-23)10-11-25-12-14-26(15-13-25)16-17-27-18-20-28(21-19-27)22-29-2/h4-5,12-15,18-21,23-24H,3,6-11,16-17,22H2,1-2H3/b5-4+. The van der Waals surface area contributed by atoms with Gasteiger partial charge in [0.2, 0.25) is 0 Å². The number of allylic oxidation sites excluding steroid dienone is 2. The van der Waals surface area contributed by atoms with E-state index in [1.54, 1.807) is 7.11 Å². The summed E-state index contributed by atoms with van der Waals surface area (Å²) in [4.78, 5) is 0. The van der Waals surface area contributed by atoms with Crippen LogP contribution in [0.4, 0.5) is 0 Å². The summed E-state index contributed by atoms with van der Waals surface area (Å²) in [5.74, 6) is 1.78. The fraction of sp³-hybridized carbons (Fsp3) is 0.500. The van der Waals surface area contributed by atoms with Crippen molar-refractivity contribution in [1.82, 2.24) is 0 Å². The smallest absolute Gasteiger partial charge is 0.0713 e. The van der Waals surface area contributed by atoms with Crippen molar-refractivity contribution in [3.8, 4) is 0 Å². The largest absolute Gasteiger partial charge is 0.380 e. The van der Waals surface area contributed by atoms with Gasteiger partial charge in [0.25, 0.3) is 0 Å². The van der Waals surface area contributed by atoms with Gasteiger partial charge in [0.05, 0.1) is 6.61 Å². The van der Waals surface area contributed by atoms with E-state index < -0.39 is 0 Å². The summed E-state index contributed by atoms with van der Waals surface area (Å²) in [6.07, 6.45) is 16.4. The number of hydrogen-bond donors (Lipinski definition) is 0. The van der Waals surface area contributed by atoms with Crippen LogP contribution in [0, 0.1) is 11.8 Å². The van der Waals surface area contributed by atoms with Gasteiger partial charge in [-0.15, -0.1) is 0 Å². The Balaban J connectivity index is 1.38. The van der Waals surface area contributed by atoms with Crippen molar-refractivity contribution < 1.29 is 4.74 Å². The van der Waals surface area contributed by atoms with Gasteiger partial charge in [-0.1, -0.05) is 67.6 Å². The van der Waals surface area contributed by atoms with Crippen LogP contribution < -0.4 is 0 Å². The minimum Gasteiger partial charge on any atom is -0.380 e. The third kappa shape index (κ3) is 7.48. The molecule has 156 valence electrons. The van der Waals surface area contributed by atoms with Crippen molar-refractivity contribution in [2.45, 2.75) is 71.3 Å². The minimum atomic E-state index is 0.694. The lowest BCUT2D eigenvalue weighted by Gasteiger charge is -2.26. The normalized spacial score (nSPS) is 19.7. The second-order valence-corrected chi connectivity index (χ2v) is 8.72. The number of aryl methyl sites for hydroxylation is 3. The molecule has 2 aromatic rings. The predicted molar refractivity (Wildman–Crippen MR) is 124 cm³/mol. The summed E-state index contributed by atoms with van der Waals surface area (Å²) in [6.45, 7) is 2.92. The molecule has 1 nitrogen and oxygen atoms in total. The minimum absolute atomic E-state index is 0.694. The van der Waals surface area contributed by atoms with Crippen LogP contribution in [-0.4, -0.2) is 7.11 Å². The van der Waals surface area contributed by atoms with Crippen LogP contribution in [0.15, 0.2) is 60.7 Å². The molecule has 0 atom stereocenters. The SMILES string of the molecule is CC/C=C/C1CCC(CCc2ccc(CCc3ccc(COC)cc3)cc2)CC1. The summed E-state index contributed by atoms with van der Waals surface area (Å²) in [6, 6.07) is 18.2. The molecular weight excluding hydrogens is 352 g/mol. The molecule has 1 saturated carbocycles. The number of ether oxygens (including phenoxy) is 1. The molecule has 0 saturated heterocycles. The molecule has 2 aromatic carbocycles. The van der Waals surface area contributed by atoms with Crippen molar-refractivity contribution in [1.29, 1.82) is 0 Å². The maximum atomic E-state index is 5.18. The number of rotatable bonds is 10. The number of hydrogen-bond acceptors (Lipinski definition) is 1. The summed E-state index contributed by atoms with van der Waals surface area (Å²) in [7, 11) is 1.74. The second-order valence-electron chi connectivity index (χ2n) is 8.72. The van der Waals surface area contributed by atoms with E-state index in [0.29, 0.717) is 6.61 Å². The van der Waals surface area contributed by atoms with Crippen LogP contribution >= 0.6 is 0 Å². The Bertz CT molecular complexity index is 718. The molecular formula is C28H38O. The average Bonchev–Trinajstić information content (AvgIpc) is 2.77. The van der Waals surface area contributed by atoms with Gasteiger partial charge in [-0.2, -0.15) is 0 Å². The van der Waals surface area contributed by atoms with Crippen LogP contribution in [0.3, 0.4) is 0 Å². The van der Waals surface area contributed by atoms with E-state index in [2.05, 4.69) is 67.6 Å². The highest BCUT2D eigenvalue weighted by Crippen LogP contribution is 2.32. The van der Waals surface area contributed by atoms with Crippen LogP contribution in [0.25, 0.3) is 0 Å². The lowest BCUT2D eigenvalue weighted by atomic mass is 9.79. The quantitative estimate of drug-likeness (QED) is 0.386. The van der Waals surface area contributed by atoms with Crippen LogP contribution in [0.1, 0.15) is 67.7 Å². The van der Waals surface area contributed by atoms with E-state index >= 15 is 0 Å². The van der Waals surface area contributed by atoms with Crippen molar-refractivity contribution in [2.75, 3.05) is 7.11 Å². The molecule has 0 amide bonds. The van der Waals surface area contributed by atoms with Gasteiger partial charge in [-0.25, -0.2) is 0 Å². The second kappa shape index (κ2) is 12.0. The summed E-state index contributed by atoms with van der Waals surface area (Å²) in [5.41, 5.74) is 5.59. The van der Waals surface area contributed by atoms with Crippen molar-refractivity contribution in [3.63, 3.8) is 0 Å². The molecule has 3 rings (SSSR count).